The predicted octanol–water partition coefficient (Wildman–Crippen LogP) is 3.82. The molecule has 0 spiro atoms. The average Bonchev–Trinajstić information content (AvgIpc) is 2.95. The molecule has 10 nitrogen and oxygen atoms in total. The maximum Gasteiger partial charge on any atom is 0.253 e. The lowest BCUT2D eigenvalue weighted by atomic mass is 9.99. The molecule has 2 atom stereocenters. The first-order chi connectivity index (χ1) is 21.3. The molecule has 2 unspecified atom stereocenters. The number of nitrogens with one attached hydrogen (secondary N) is 2. The third-order valence-corrected chi connectivity index (χ3v) is 6.94. The van der Waals surface area contributed by atoms with E-state index in [1.165, 1.54) is 18.2 Å². The number of carbonyl (C=O) groups is 4. The topological polar surface area (TPSA) is 145 Å². The number of hydrogen-bond acceptors (Lipinski definition) is 6. The summed E-state index contributed by atoms with van der Waals surface area (Å²) in [6.45, 7) is 10.8. The number of hydrazine groups is 1. The summed E-state index contributed by atoms with van der Waals surface area (Å²) in [5.41, 5.74) is 8.49. The van der Waals surface area contributed by atoms with Gasteiger partial charge >= 0.3 is 0 Å². The van der Waals surface area contributed by atoms with E-state index in [2.05, 4.69) is 10.7 Å². The van der Waals surface area contributed by atoms with E-state index >= 15 is 0 Å². The van der Waals surface area contributed by atoms with Crippen LogP contribution in [0.3, 0.4) is 0 Å². The number of aliphatic hydroxyl groups is 1. The number of benzene rings is 2. The molecule has 4 amide bonds. The van der Waals surface area contributed by atoms with E-state index in [0.29, 0.717) is 38.9 Å². The molecule has 2 aromatic carbocycles. The van der Waals surface area contributed by atoms with Gasteiger partial charge in [-0.2, -0.15) is 0 Å². The molecule has 12 heteroatoms. The number of aliphatic hydroxyl groups excluding tert-OH is 1. The van der Waals surface area contributed by atoms with Gasteiger partial charge in [0.1, 0.15) is 11.6 Å². The van der Waals surface area contributed by atoms with Crippen LogP contribution in [0.15, 0.2) is 36.4 Å². The molecule has 0 aliphatic carbocycles. The van der Waals surface area contributed by atoms with Crippen LogP contribution in [0.2, 0.25) is 0 Å². The molecule has 248 valence electrons. The number of rotatable bonds is 18. The van der Waals surface area contributed by atoms with E-state index in [0.717, 1.165) is 18.2 Å². The van der Waals surface area contributed by atoms with Crippen molar-refractivity contribution in [3.05, 3.63) is 70.3 Å². The number of amides is 4. The van der Waals surface area contributed by atoms with Gasteiger partial charge < -0.3 is 21.1 Å². The normalized spacial score (nSPS) is 12.6. The quantitative estimate of drug-likeness (QED) is 0.184. The summed E-state index contributed by atoms with van der Waals surface area (Å²) in [4.78, 5) is 53.2. The van der Waals surface area contributed by atoms with Crippen molar-refractivity contribution in [1.29, 1.82) is 0 Å². The van der Waals surface area contributed by atoms with Crippen molar-refractivity contribution in [2.24, 2.45) is 11.7 Å². The van der Waals surface area contributed by atoms with Crippen LogP contribution in [-0.4, -0.2) is 77.0 Å². The summed E-state index contributed by atoms with van der Waals surface area (Å²) in [5.74, 6) is -3.71. The van der Waals surface area contributed by atoms with Crippen molar-refractivity contribution < 1.29 is 33.1 Å². The summed E-state index contributed by atoms with van der Waals surface area (Å²) in [6.07, 6.45) is 0.860. The number of halogens is 2. The van der Waals surface area contributed by atoms with Crippen molar-refractivity contribution in [1.82, 2.24) is 20.7 Å². The maximum absolute atomic E-state index is 14.1. The van der Waals surface area contributed by atoms with E-state index in [4.69, 9.17) is 5.73 Å². The van der Waals surface area contributed by atoms with Crippen LogP contribution in [-0.2, 0) is 11.2 Å². The minimum atomic E-state index is -1.31. The molecule has 45 heavy (non-hydrogen) atoms. The molecule has 0 fully saturated rings. The van der Waals surface area contributed by atoms with E-state index in [9.17, 15) is 33.1 Å². The number of nitrogens with two attached hydrogens (primary N) is 1. The van der Waals surface area contributed by atoms with Crippen LogP contribution < -0.4 is 16.5 Å². The van der Waals surface area contributed by atoms with Gasteiger partial charge in [-0.05, 0) is 67.5 Å². The minimum absolute atomic E-state index is 0.0507. The molecule has 2 aromatic rings. The third-order valence-electron chi connectivity index (χ3n) is 6.94. The van der Waals surface area contributed by atoms with Gasteiger partial charge in [0.2, 0.25) is 11.8 Å². The van der Waals surface area contributed by atoms with Crippen molar-refractivity contribution in [3.63, 3.8) is 0 Å². The molecule has 0 aliphatic heterocycles. The Morgan fingerprint density at radius 2 is 1.40 bits per heavy atom. The molecule has 0 bridgehead atoms. The Balaban J connectivity index is 2.45. The van der Waals surface area contributed by atoms with Crippen molar-refractivity contribution in [2.75, 3.05) is 26.2 Å². The van der Waals surface area contributed by atoms with E-state index in [1.54, 1.807) is 9.91 Å². The molecular weight excluding hydrogens is 584 g/mol. The van der Waals surface area contributed by atoms with Crippen LogP contribution in [0.1, 0.15) is 96.9 Å². The maximum atomic E-state index is 14.1. The molecular formula is C33H47F2N5O5. The number of carbonyl (C=O) groups excluding carboxylic acids is 4. The number of nitrogens with zero attached hydrogens (tertiary/aromatic N) is 2. The van der Waals surface area contributed by atoms with Gasteiger partial charge in [0.05, 0.1) is 12.1 Å². The van der Waals surface area contributed by atoms with Gasteiger partial charge in [-0.1, -0.05) is 34.6 Å². The first-order valence-corrected chi connectivity index (χ1v) is 15.5. The highest BCUT2D eigenvalue weighted by atomic mass is 19.1. The average molecular weight is 632 g/mol. The molecule has 0 saturated heterocycles. The Kier molecular flexibility index (Phi) is 15.0. The van der Waals surface area contributed by atoms with Crippen LogP contribution in [0.25, 0.3) is 0 Å². The molecule has 0 heterocycles. The summed E-state index contributed by atoms with van der Waals surface area (Å²) in [7, 11) is 0. The summed E-state index contributed by atoms with van der Waals surface area (Å²) >= 11 is 0. The van der Waals surface area contributed by atoms with Crippen LogP contribution in [0.5, 0.6) is 0 Å². The van der Waals surface area contributed by atoms with E-state index in [1.807, 2.05) is 34.6 Å². The fourth-order valence-electron chi connectivity index (χ4n) is 4.99. The Bertz CT molecular complexity index is 1300. The highest BCUT2D eigenvalue weighted by Crippen LogP contribution is 2.17. The van der Waals surface area contributed by atoms with E-state index in [-0.39, 0.29) is 59.4 Å². The second kappa shape index (κ2) is 18.2. The SMILES string of the molecule is CCCN(CC(O)C(Cc1cc(F)cc(F)c1)NC(=O)c1cc(C(N)=O)cc(C(=O)N(CCC)CCC)c1)NC(=O)CC(C)C. The van der Waals surface area contributed by atoms with Crippen LogP contribution in [0, 0.1) is 17.6 Å². The highest BCUT2D eigenvalue weighted by molar-refractivity contribution is 6.04. The number of hydrogen-bond donors (Lipinski definition) is 4. The third kappa shape index (κ3) is 12.2. The minimum Gasteiger partial charge on any atom is -0.390 e. The first kappa shape index (κ1) is 37.3. The van der Waals surface area contributed by atoms with Crippen molar-refractivity contribution in [2.45, 2.75) is 78.9 Å². The Labute approximate surface area is 264 Å². The highest BCUT2D eigenvalue weighted by Gasteiger charge is 2.27. The van der Waals surface area contributed by atoms with Gasteiger partial charge in [-0.15, -0.1) is 0 Å². The molecule has 0 radical (unpaired) electrons. The van der Waals surface area contributed by atoms with Gasteiger partial charge in [0.15, 0.2) is 0 Å². The molecule has 2 rings (SSSR count). The van der Waals surface area contributed by atoms with Gasteiger partial charge in [0, 0.05) is 55.4 Å². The first-order valence-electron chi connectivity index (χ1n) is 15.5. The summed E-state index contributed by atoms with van der Waals surface area (Å²) in [6, 6.07) is 5.77. The van der Waals surface area contributed by atoms with Gasteiger partial charge in [-0.25, -0.2) is 13.8 Å². The van der Waals surface area contributed by atoms with Crippen molar-refractivity contribution >= 4 is 23.6 Å². The fraction of sp³-hybridized carbons (Fsp3) is 0.515. The zero-order chi connectivity index (χ0) is 33.7. The lowest BCUT2D eigenvalue weighted by Gasteiger charge is -2.30. The van der Waals surface area contributed by atoms with Crippen molar-refractivity contribution in [3.8, 4) is 0 Å². The Morgan fingerprint density at radius 3 is 1.93 bits per heavy atom. The molecule has 0 saturated carbocycles. The summed E-state index contributed by atoms with van der Waals surface area (Å²) in [5, 5.41) is 15.6. The lowest BCUT2D eigenvalue weighted by molar-refractivity contribution is -0.127. The molecule has 5 N–H and O–H groups in total. The zero-order valence-corrected chi connectivity index (χ0v) is 26.9. The molecule has 0 aliphatic rings. The Hall–Kier alpha value is -3.90. The largest absolute Gasteiger partial charge is 0.390 e. The van der Waals surface area contributed by atoms with E-state index < -0.39 is 35.6 Å². The zero-order valence-electron chi connectivity index (χ0n) is 26.9. The van der Waals surface area contributed by atoms with Gasteiger partial charge in [-0.3, -0.25) is 24.6 Å². The predicted molar refractivity (Wildman–Crippen MR) is 168 cm³/mol. The standard InChI is InChI=1S/C33H47F2N5O5/c1-6-9-39(10-7-2)33(45)25-17-23(31(36)43)16-24(18-25)32(44)37-28(15-22-13-26(34)19-27(35)14-22)29(41)20-40(11-8-3)38-30(42)12-21(4)5/h13-14,16-19,21,28-29,41H,6-12,15,20H2,1-5H3,(H2,36,43)(H,37,44)(H,38,42). The monoisotopic (exact) mass is 631 g/mol. The second-order valence-corrected chi connectivity index (χ2v) is 11.7. The fourth-order valence-corrected chi connectivity index (χ4v) is 4.99. The van der Waals surface area contributed by atoms with Gasteiger partial charge in [0.25, 0.3) is 11.8 Å². The summed E-state index contributed by atoms with van der Waals surface area (Å²) < 4.78 is 28.1. The smallest absolute Gasteiger partial charge is 0.253 e. The second-order valence-electron chi connectivity index (χ2n) is 11.7. The Morgan fingerprint density at radius 1 is 0.844 bits per heavy atom. The lowest BCUT2D eigenvalue weighted by Crippen LogP contribution is -2.53. The van der Waals surface area contributed by atoms with Crippen LogP contribution >= 0.6 is 0 Å². The number of primary amides is 1. The molecule has 0 aromatic heterocycles. The van der Waals surface area contributed by atoms with Crippen LogP contribution in [0.4, 0.5) is 8.78 Å².